The summed E-state index contributed by atoms with van der Waals surface area (Å²) in [4.78, 5) is 12.9. The van der Waals surface area contributed by atoms with Crippen LogP contribution in [-0.2, 0) is 0 Å². The Morgan fingerprint density at radius 3 is 2.54 bits per heavy atom. The number of nitrogens with zero attached hydrogens (tertiary/aromatic N) is 4. The normalized spacial score (nSPS) is 12.1. The highest BCUT2D eigenvalue weighted by Gasteiger charge is 2.20. The minimum absolute atomic E-state index is 0.0518. The van der Waals surface area contributed by atoms with E-state index in [-0.39, 0.29) is 17.4 Å². The van der Waals surface area contributed by atoms with Crippen molar-refractivity contribution in [1.29, 1.82) is 0 Å². The molecular weight excluding hydrogens is 355 g/mol. The van der Waals surface area contributed by atoms with Crippen LogP contribution in [0.25, 0.3) is 22.6 Å². The Hall–Kier alpha value is -3.41. The molecule has 140 valence electrons. The summed E-state index contributed by atoms with van der Waals surface area (Å²) < 4.78 is 20.2. The van der Waals surface area contributed by atoms with Crippen molar-refractivity contribution in [1.82, 2.24) is 20.1 Å². The molecule has 0 aliphatic carbocycles. The van der Waals surface area contributed by atoms with Gasteiger partial charge in [-0.05, 0) is 44.0 Å². The third-order valence-corrected chi connectivity index (χ3v) is 4.79. The number of pyridine rings is 2. The Balaban J connectivity index is 1.75. The molecule has 0 amide bonds. The molecular formula is C22H19FN4O. The lowest BCUT2D eigenvalue weighted by Gasteiger charge is -2.09. The Labute approximate surface area is 162 Å². The molecule has 4 rings (SSSR count). The summed E-state index contributed by atoms with van der Waals surface area (Å²) in [6.45, 7) is 5.54. The second-order valence-corrected chi connectivity index (χ2v) is 6.73. The van der Waals surface area contributed by atoms with Gasteiger partial charge in [-0.3, -0.25) is 4.98 Å². The van der Waals surface area contributed by atoms with Gasteiger partial charge >= 0.3 is 0 Å². The maximum Gasteiger partial charge on any atom is 0.234 e. The highest BCUT2D eigenvalue weighted by molar-refractivity contribution is 5.71. The molecule has 0 fully saturated rings. The van der Waals surface area contributed by atoms with Gasteiger partial charge in [0.1, 0.15) is 5.69 Å². The molecule has 1 unspecified atom stereocenters. The first-order valence-corrected chi connectivity index (χ1v) is 9.01. The van der Waals surface area contributed by atoms with Crippen LogP contribution >= 0.6 is 0 Å². The smallest absolute Gasteiger partial charge is 0.234 e. The maximum atomic E-state index is 14.8. The Kier molecular flexibility index (Phi) is 4.69. The van der Waals surface area contributed by atoms with Crippen molar-refractivity contribution in [3.8, 4) is 22.6 Å². The molecule has 28 heavy (non-hydrogen) atoms. The van der Waals surface area contributed by atoms with Crippen molar-refractivity contribution in [2.24, 2.45) is 0 Å². The standard InChI is InChI=1S/C22H19FN4O/c1-13-9-10-24-12-18(13)17-11-19(25-15(3)20(17)23)21-26-22(28-27-21)14(2)16-7-5-4-6-8-16/h4-12,14H,1-3H3. The van der Waals surface area contributed by atoms with Gasteiger partial charge in [0.15, 0.2) is 5.82 Å². The number of halogens is 1. The monoisotopic (exact) mass is 374 g/mol. The number of hydrogen-bond acceptors (Lipinski definition) is 5. The largest absolute Gasteiger partial charge is 0.338 e. The number of hydrogen-bond donors (Lipinski definition) is 0. The van der Waals surface area contributed by atoms with Gasteiger partial charge in [-0.25, -0.2) is 9.37 Å². The molecule has 0 bridgehead atoms. The Morgan fingerprint density at radius 2 is 1.79 bits per heavy atom. The summed E-state index contributed by atoms with van der Waals surface area (Å²) in [5.41, 5.74) is 3.89. The van der Waals surface area contributed by atoms with Crippen LogP contribution in [0.4, 0.5) is 4.39 Å². The molecule has 4 aromatic rings. The highest BCUT2D eigenvalue weighted by Crippen LogP contribution is 2.31. The molecule has 0 radical (unpaired) electrons. The van der Waals surface area contributed by atoms with Gasteiger partial charge in [0.2, 0.25) is 11.7 Å². The van der Waals surface area contributed by atoms with E-state index < -0.39 is 0 Å². The molecule has 1 aromatic carbocycles. The minimum Gasteiger partial charge on any atom is -0.338 e. The van der Waals surface area contributed by atoms with Crippen molar-refractivity contribution in [3.05, 3.63) is 83.4 Å². The van der Waals surface area contributed by atoms with E-state index in [1.807, 2.05) is 50.2 Å². The van der Waals surface area contributed by atoms with Crippen molar-refractivity contribution >= 4 is 0 Å². The van der Waals surface area contributed by atoms with E-state index in [2.05, 4.69) is 20.1 Å². The average molecular weight is 374 g/mol. The summed E-state index contributed by atoms with van der Waals surface area (Å²) in [6.07, 6.45) is 3.33. The van der Waals surface area contributed by atoms with Crippen LogP contribution in [0.1, 0.15) is 35.6 Å². The zero-order valence-electron chi connectivity index (χ0n) is 15.8. The van der Waals surface area contributed by atoms with Gasteiger partial charge in [0.25, 0.3) is 0 Å². The second-order valence-electron chi connectivity index (χ2n) is 6.73. The number of aromatic nitrogens is 4. The first kappa shape index (κ1) is 18.0. The van der Waals surface area contributed by atoms with Crippen LogP contribution in [0.15, 0.2) is 59.4 Å². The van der Waals surface area contributed by atoms with Gasteiger partial charge < -0.3 is 4.52 Å². The van der Waals surface area contributed by atoms with Crippen molar-refractivity contribution < 1.29 is 8.91 Å². The van der Waals surface area contributed by atoms with Crippen LogP contribution in [0.3, 0.4) is 0 Å². The van der Waals surface area contributed by atoms with Crippen LogP contribution in [0, 0.1) is 19.7 Å². The zero-order chi connectivity index (χ0) is 19.7. The van der Waals surface area contributed by atoms with Crippen LogP contribution < -0.4 is 0 Å². The van der Waals surface area contributed by atoms with E-state index >= 15 is 0 Å². The maximum absolute atomic E-state index is 14.8. The number of benzene rings is 1. The molecule has 0 N–H and O–H groups in total. The fourth-order valence-electron chi connectivity index (χ4n) is 3.11. The summed E-state index contributed by atoms with van der Waals surface area (Å²) >= 11 is 0. The predicted octanol–water partition coefficient (Wildman–Crippen LogP) is 5.10. The third kappa shape index (κ3) is 3.29. The first-order chi connectivity index (χ1) is 13.5. The number of rotatable bonds is 4. The molecule has 3 heterocycles. The van der Waals surface area contributed by atoms with Crippen LogP contribution in [0.2, 0.25) is 0 Å². The molecule has 0 spiro atoms. The Bertz CT molecular complexity index is 1120. The molecule has 0 aliphatic rings. The van der Waals surface area contributed by atoms with E-state index in [0.29, 0.717) is 28.5 Å². The molecule has 0 saturated heterocycles. The summed E-state index contributed by atoms with van der Waals surface area (Å²) in [5.74, 6) is 0.401. The summed E-state index contributed by atoms with van der Waals surface area (Å²) in [6, 6.07) is 13.4. The molecule has 3 aromatic heterocycles. The minimum atomic E-state index is -0.374. The predicted molar refractivity (Wildman–Crippen MR) is 104 cm³/mol. The van der Waals surface area contributed by atoms with Crippen molar-refractivity contribution in [2.45, 2.75) is 26.7 Å². The van der Waals surface area contributed by atoms with E-state index in [4.69, 9.17) is 4.52 Å². The average Bonchev–Trinajstić information content (AvgIpc) is 3.21. The van der Waals surface area contributed by atoms with Gasteiger partial charge in [0.05, 0.1) is 11.6 Å². The van der Waals surface area contributed by atoms with E-state index in [1.165, 1.54) is 0 Å². The van der Waals surface area contributed by atoms with Gasteiger partial charge in [-0.2, -0.15) is 4.98 Å². The third-order valence-electron chi connectivity index (χ3n) is 4.79. The summed E-state index contributed by atoms with van der Waals surface area (Å²) in [5, 5.41) is 4.07. The summed E-state index contributed by atoms with van der Waals surface area (Å²) in [7, 11) is 0. The van der Waals surface area contributed by atoms with Gasteiger partial charge in [0, 0.05) is 23.5 Å². The quantitative estimate of drug-likeness (QED) is 0.497. The molecule has 5 nitrogen and oxygen atoms in total. The number of aryl methyl sites for hydroxylation is 2. The van der Waals surface area contributed by atoms with Crippen molar-refractivity contribution in [3.63, 3.8) is 0 Å². The van der Waals surface area contributed by atoms with Crippen LogP contribution in [0.5, 0.6) is 0 Å². The van der Waals surface area contributed by atoms with Gasteiger partial charge in [-0.15, -0.1) is 0 Å². The van der Waals surface area contributed by atoms with E-state index in [0.717, 1.165) is 11.1 Å². The molecule has 0 saturated carbocycles. The topological polar surface area (TPSA) is 64.7 Å². The van der Waals surface area contributed by atoms with E-state index in [9.17, 15) is 4.39 Å². The highest BCUT2D eigenvalue weighted by atomic mass is 19.1. The van der Waals surface area contributed by atoms with Gasteiger partial charge in [-0.1, -0.05) is 35.5 Å². The van der Waals surface area contributed by atoms with E-state index in [1.54, 1.807) is 25.4 Å². The fraction of sp³-hybridized carbons (Fsp3) is 0.182. The first-order valence-electron chi connectivity index (χ1n) is 9.01. The Morgan fingerprint density at radius 1 is 1.00 bits per heavy atom. The lowest BCUT2D eigenvalue weighted by molar-refractivity contribution is 0.370. The molecule has 1 atom stereocenters. The van der Waals surface area contributed by atoms with Crippen LogP contribution in [-0.4, -0.2) is 20.1 Å². The van der Waals surface area contributed by atoms with Crippen molar-refractivity contribution in [2.75, 3.05) is 0 Å². The lowest BCUT2D eigenvalue weighted by Crippen LogP contribution is -1.99. The fourth-order valence-corrected chi connectivity index (χ4v) is 3.11. The SMILES string of the molecule is Cc1ccncc1-c1cc(-c2noc(C(C)c3ccccc3)n2)nc(C)c1F. The lowest BCUT2D eigenvalue weighted by atomic mass is 10.0. The zero-order valence-corrected chi connectivity index (χ0v) is 15.8. The molecule has 6 heteroatoms. The molecule has 0 aliphatic heterocycles. The second kappa shape index (κ2) is 7.31.